The van der Waals surface area contributed by atoms with Gasteiger partial charge in [-0.3, -0.25) is 14.8 Å². The molecule has 1 heterocycles. The van der Waals surface area contributed by atoms with Gasteiger partial charge in [-0.25, -0.2) is 4.79 Å². The highest BCUT2D eigenvalue weighted by Crippen LogP contribution is 2.16. The standard InChI is InChI=1S/C9H9N3O4/c1-2-3-4-5-11-6-7(12(15)16)8(10-11)9(13)14/h6H,4-5H2,1H3,(H,13,14). The van der Waals surface area contributed by atoms with Crippen molar-refractivity contribution in [3.63, 3.8) is 0 Å². The van der Waals surface area contributed by atoms with E-state index in [2.05, 4.69) is 16.9 Å². The molecule has 0 fully saturated rings. The fourth-order valence-corrected chi connectivity index (χ4v) is 1.11. The molecule has 0 unspecified atom stereocenters. The quantitative estimate of drug-likeness (QED) is 0.464. The Morgan fingerprint density at radius 1 is 1.75 bits per heavy atom. The maximum atomic E-state index is 10.7. The van der Waals surface area contributed by atoms with Crippen LogP contribution in [0.5, 0.6) is 0 Å². The molecular formula is C9H9N3O4. The first-order valence-corrected chi connectivity index (χ1v) is 4.41. The average Bonchev–Trinajstić information content (AvgIpc) is 2.62. The molecule has 0 amide bonds. The smallest absolute Gasteiger partial charge is 0.363 e. The van der Waals surface area contributed by atoms with Crippen molar-refractivity contribution in [2.75, 3.05) is 0 Å². The van der Waals surface area contributed by atoms with Crippen molar-refractivity contribution in [1.29, 1.82) is 0 Å². The van der Waals surface area contributed by atoms with Crippen molar-refractivity contribution >= 4 is 11.7 Å². The van der Waals surface area contributed by atoms with Crippen molar-refractivity contribution in [3.05, 3.63) is 22.0 Å². The second-order valence-electron chi connectivity index (χ2n) is 2.87. The largest absolute Gasteiger partial charge is 0.476 e. The summed E-state index contributed by atoms with van der Waals surface area (Å²) in [5.74, 6) is 4.01. The Morgan fingerprint density at radius 2 is 2.44 bits per heavy atom. The van der Waals surface area contributed by atoms with Crippen LogP contribution in [0.15, 0.2) is 6.20 Å². The lowest BCUT2D eigenvalue weighted by Crippen LogP contribution is -2.03. The Balaban J connectivity index is 2.95. The van der Waals surface area contributed by atoms with Gasteiger partial charge >= 0.3 is 11.7 Å². The highest BCUT2D eigenvalue weighted by Gasteiger charge is 2.24. The van der Waals surface area contributed by atoms with Gasteiger partial charge in [0.2, 0.25) is 5.69 Å². The molecule has 16 heavy (non-hydrogen) atoms. The summed E-state index contributed by atoms with van der Waals surface area (Å²) in [6.07, 6.45) is 1.56. The molecule has 1 N–H and O–H groups in total. The minimum absolute atomic E-state index is 0.328. The molecule has 0 aliphatic rings. The first-order chi connectivity index (χ1) is 7.56. The van der Waals surface area contributed by atoms with Gasteiger partial charge in [-0.1, -0.05) is 0 Å². The van der Waals surface area contributed by atoms with Crippen molar-refractivity contribution < 1.29 is 14.8 Å². The fraction of sp³-hybridized carbons (Fsp3) is 0.333. The molecule has 0 saturated carbocycles. The van der Waals surface area contributed by atoms with Gasteiger partial charge in [-0.2, -0.15) is 5.10 Å². The Morgan fingerprint density at radius 3 is 2.88 bits per heavy atom. The van der Waals surface area contributed by atoms with Crippen LogP contribution in [0.25, 0.3) is 0 Å². The topological polar surface area (TPSA) is 98.3 Å². The number of carboxylic acid groups (broad SMARTS) is 1. The lowest BCUT2D eigenvalue weighted by molar-refractivity contribution is -0.385. The highest BCUT2D eigenvalue weighted by molar-refractivity contribution is 5.89. The number of nitrogens with zero attached hydrogens (tertiary/aromatic N) is 3. The Bertz CT molecular complexity index is 449. The molecule has 0 aliphatic carbocycles. The molecule has 0 spiro atoms. The minimum Gasteiger partial charge on any atom is -0.476 e. The van der Waals surface area contributed by atoms with Crippen LogP contribution in [0, 0.1) is 22.0 Å². The van der Waals surface area contributed by atoms with E-state index in [1.807, 2.05) is 0 Å². The van der Waals surface area contributed by atoms with Crippen molar-refractivity contribution in [1.82, 2.24) is 9.78 Å². The highest BCUT2D eigenvalue weighted by atomic mass is 16.6. The van der Waals surface area contributed by atoms with Crippen LogP contribution in [0.2, 0.25) is 0 Å². The molecule has 7 heteroatoms. The summed E-state index contributed by atoms with van der Waals surface area (Å²) in [6, 6.07) is 0. The van der Waals surface area contributed by atoms with Gasteiger partial charge in [0.15, 0.2) is 0 Å². The first kappa shape index (κ1) is 11.7. The van der Waals surface area contributed by atoms with E-state index in [1.165, 1.54) is 4.68 Å². The monoisotopic (exact) mass is 223 g/mol. The van der Waals surface area contributed by atoms with Gasteiger partial charge in [0.05, 0.1) is 11.5 Å². The maximum Gasteiger partial charge on any atom is 0.363 e. The predicted octanol–water partition coefficient (Wildman–Crippen LogP) is 0.903. The van der Waals surface area contributed by atoms with Gasteiger partial charge in [0, 0.05) is 6.42 Å². The second-order valence-corrected chi connectivity index (χ2v) is 2.87. The van der Waals surface area contributed by atoms with E-state index in [1.54, 1.807) is 6.92 Å². The van der Waals surface area contributed by atoms with Crippen LogP contribution < -0.4 is 0 Å². The Hall–Kier alpha value is -2.36. The van der Waals surface area contributed by atoms with E-state index < -0.39 is 22.3 Å². The van der Waals surface area contributed by atoms with Gasteiger partial charge in [-0.15, -0.1) is 11.8 Å². The zero-order valence-corrected chi connectivity index (χ0v) is 8.51. The maximum absolute atomic E-state index is 10.7. The van der Waals surface area contributed by atoms with Gasteiger partial charge in [0.25, 0.3) is 0 Å². The zero-order chi connectivity index (χ0) is 12.1. The third-order valence-corrected chi connectivity index (χ3v) is 1.78. The Kier molecular flexibility index (Phi) is 3.61. The lowest BCUT2D eigenvalue weighted by atomic mass is 10.4. The first-order valence-electron chi connectivity index (χ1n) is 4.41. The molecule has 1 rings (SSSR count). The normalized spacial score (nSPS) is 9.31. The van der Waals surface area contributed by atoms with E-state index in [9.17, 15) is 14.9 Å². The van der Waals surface area contributed by atoms with E-state index in [0.29, 0.717) is 13.0 Å². The third kappa shape index (κ3) is 2.57. The number of carboxylic acids is 1. The van der Waals surface area contributed by atoms with Crippen LogP contribution in [-0.4, -0.2) is 25.8 Å². The van der Waals surface area contributed by atoms with Crippen molar-refractivity contribution in [3.8, 4) is 11.8 Å². The molecule has 84 valence electrons. The third-order valence-electron chi connectivity index (χ3n) is 1.78. The zero-order valence-electron chi connectivity index (χ0n) is 8.51. The number of aromatic carboxylic acids is 1. The molecule has 0 aliphatic heterocycles. The number of rotatable bonds is 4. The van der Waals surface area contributed by atoms with Crippen LogP contribution in [0.1, 0.15) is 23.8 Å². The number of nitro groups is 1. The van der Waals surface area contributed by atoms with E-state index >= 15 is 0 Å². The van der Waals surface area contributed by atoms with E-state index in [-0.39, 0.29) is 0 Å². The molecule has 0 atom stereocenters. The Labute approximate surface area is 90.8 Å². The summed E-state index contributed by atoms with van der Waals surface area (Å²) >= 11 is 0. The lowest BCUT2D eigenvalue weighted by Gasteiger charge is -1.93. The average molecular weight is 223 g/mol. The SMILES string of the molecule is CC#CCCn1cc([N+](=O)[O-])c(C(=O)O)n1. The van der Waals surface area contributed by atoms with E-state index in [0.717, 1.165) is 6.20 Å². The molecule has 0 bridgehead atoms. The predicted molar refractivity (Wildman–Crippen MR) is 53.9 cm³/mol. The molecule has 0 aromatic carbocycles. The van der Waals surface area contributed by atoms with Crippen LogP contribution in [0.3, 0.4) is 0 Å². The summed E-state index contributed by atoms with van der Waals surface area (Å²) in [7, 11) is 0. The molecule has 1 aromatic heterocycles. The number of carbonyl (C=O) groups is 1. The van der Waals surface area contributed by atoms with Gasteiger partial charge < -0.3 is 5.11 Å². The van der Waals surface area contributed by atoms with Crippen molar-refractivity contribution in [2.45, 2.75) is 19.9 Å². The molecule has 1 aromatic rings. The molecule has 0 saturated heterocycles. The summed E-state index contributed by atoms with van der Waals surface area (Å²) in [4.78, 5) is 20.4. The van der Waals surface area contributed by atoms with Gasteiger partial charge in [0.1, 0.15) is 6.20 Å². The summed E-state index contributed by atoms with van der Waals surface area (Å²) in [6.45, 7) is 2.00. The fourth-order valence-electron chi connectivity index (χ4n) is 1.11. The van der Waals surface area contributed by atoms with Crippen LogP contribution in [0.4, 0.5) is 5.69 Å². The number of aryl methyl sites for hydroxylation is 1. The number of hydrogen-bond donors (Lipinski definition) is 1. The van der Waals surface area contributed by atoms with Crippen molar-refractivity contribution in [2.24, 2.45) is 0 Å². The van der Waals surface area contributed by atoms with E-state index in [4.69, 9.17) is 5.11 Å². The number of aromatic nitrogens is 2. The second kappa shape index (κ2) is 4.93. The van der Waals surface area contributed by atoms with Crippen LogP contribution >= 0.6 is 0 Å². The minimum atomic E-state index is -1.41. The van der Waals surface area contributed by atoms with Crippen LogP contribution in [-0.2, 0) is 6.54 Å². The summed E-state index contributed by atoms with van der Waals surface area (Å²) in [5.41, 5.74) is -1.05. The molecule has 7 nitrogen and oxygen atoms in total. The van der Waals surface area contributed by atoms with Gasteiger partial charge in [-0.05, 0) is 6.92 Å². The number of hydrogen-bond acceptors (Lipinski definition) is 4. The molecular weight excluding hydrogens is 214 g/mol. The summed E-state index contributed by atoms with van der Waals surface area (Å²) in [5, 5.41) is 22.8. The summed E-state index contributed by atoms with van der Waals surface area (Å²) < 4.78 is 1.21. The molecule has 0 radical (unpaired) electrons.